The van der Waals surface area contributed by atoms with E-state index in [9.17, 15) is 0 Å². The van der Waals surface area contributed by atoms with E-state index >= 15 is 0 Å². The van der Waals surface area contributed by atoms with Crippen LogP contribution in [0.3, 0.4) is 0 Å². The number of nitrogens with zero attached hydrogens (tertiary/aromatic N) is 2. The first kappa shape index (κ1) is 14.8. The number of nitrogens with one attached hydrogen (secondary N) is 1. The predicted molar refractivity (Wildman–Crippen MR) is 82.1 cm³/mol. The van der Waals surface area contributed by atoms with Gasteiger partial charge in [0.25, 0.3) is 0 Å². The molecule has 108 valence electrons. The maximum absolute atomic E-state index is 5.80. The summed E-state index contributed by atoms with van der Waals surface area (Å²) in [4.78, 5) is 4.37. The summed E-state index contributed by atoms with van der Waals surface area (Å²) in [6, 6.07) is 10.7. The van der Waals surface area contributed by atoms with Gasteiger partial charge >= 0.3 is 0 Å². The molecule has 20 heavy (non-hydrogen) atoms. The second-order valence-corrected chi connectivity index (χ2v) is 5.80. The Morgan fingerprint density at radius 3 is 2.55 bits per heavy atom. The minimum atomic E-state index is -0.0266. The molecule has 0 radical (unpaired) electrons. The number of aryl methyl sites for hydroxylation is 2. The van der Waals surface area contributed by atoms with Gasteiger partial charge in [0.05, 0.1) is 0 Å². The molecule has 1 atom stereocenters. The minimum absolute atomic E-state index is 0.0266. The van der Waals surface area contributed by atoms with Crippen LogP contribution >= 0.6 is 0 Å². The van der Waals surface area contributed by atoms with Crippen LogP contribution in [0.1, 0.15) is 31.7 Å². The van der Waals surface area contributed by atoms with Crippen LogP contribution in [0.5, 0.6) is 0 Å². The number of nitrogens with two attached hydrogens (primary N) is 1. The van der Waals surface area contributed by atoms with Crippen LogP contribution in [0.2, 0.25) is 0 Å². The molecular weight excluding hydrogens is 248 g/mol. The van der Waals surface area contributed by atoms with Gasteiger partial charge < -0.3 is 4.57 Å². The third-order valence-electron chi connectivity index (χ3n) is 4.17. The van der Waals surface area contributed by atoms with Crippen molar-refractivity contribution in [3.05, 3.63) is 54.1 Å². The van der Waals surface area contributed by atoms with Crippen LogP contribution in [0.4, 0.5) is 0 Å². The average molecular weight is 272 g/mol. The van der Waals surface area contributed by atoms with E-state index in [1.807, 2.05) is 25.5 Å². The average Bonchev–Trinajstić information content (AvgIpc) is 2.86. The highest BCUT2D eigenvalue weighted by atomic mass is 15.2. The lowest BCUT2D eigenvalue weighted by Crippen LogP contribution is -2.48. The number of hydrogen-bond acceptors (Lipinski definition) is 3. The summed E-state index contributed by atoms with van der Waals surface area (Å²) in [7, 11) is 2.02. The van der Waals surface area contributed by atoms with Crippen LogP contribution in [-0.4, -0.2) is 15.6 Å². The molecule has 0 saturated heterocycles. The van der Waals surface area contributed by atoms with E-state index in [-0.39, 0.29) is 11.5 Å². The molecule has 0 aliphatic heterocycles. The SMILES string of the molecule is Cn1ccnc1CCC(NN)C(C)(C)c1ccccc1. The van der Waals surface area contributed by atoms with E-state index in [4.69, 9.17) is 5.84 Å². The molecule has 1 unspecified atom stereocenters. The van der Waals surface area contributed by atoms with Crippen molar-refractivity contribution < 1.29 is 0 Å². The third kappa shape index (κ3) is 3.08. The molecule has 0 aliphatic carbocycles. The Morgan fingerprint density at radius 1 is 1.30 bits per heavy atom. The van der Waals surface area contributed by atoms with Gasteiger partial charge in [0, 0.05) is 37.3 Å². The first-order valence-corrected chi connectivity index (χ1v) is 7.03. The molecule has 2 aromatic rings. The molecule has 4 heteroatoms. The van der Waals surface area contributed by atoms with Crippen molar-refractivity contribution in [2.24, 2.45) is 12.9 Å². The number of benzene rings is 1. The highest BCUT2D eigenvalue weighted by molar-refractivity contribution is 5.25. The fourth-order valence-electron chi connectivity index (χ4n) is 2.63. The van der Waals surface area contributed by atoms with Crippen molar-refractivity contribution in [2.45, 2.75) is 38.1 Å². The topological polar surface area (TPSA) is 55.9 Å². The molecule has 0 saturated carbocycles. The smallest absolute Gasteiger partial charge is 0.108 e. The van der Waals surface area contributed by atoms with Crippen molar-refractivity contribution in [3.63, 3.8) is 0 Å². The summed E-state index contributed by atoms with van der Waals surface area (Å²) in [6.45, 7) is 4.45. The second kappa shape index (κ2) is 6.20. The van der Waals surface area contributed by atoms with Crippen molar-refractivity contribution in [2.75, 3.05) is 0 Å². The zero-order valence-electron chi connectivity index (χ0n) is 12.5. The monoisotopic (exact) mass is 272 g/mol. The summed E-state index contributed by atoms with van der Waals surface area (Å²) < 4.78 is 2.06. The molecule has 1 aromatic heterocycles. The Labute approximate surface area is 121 Å². The van der Waals surface area contributed by atoms with Crippen LogP contribution in [0, 0.1) is 0 Å². The van der Waals surface area contributed by atoms with Gasteiger partial charge in [0.15, 0.2) is 0 Å². The molecule has 0 fully saturated rings. The Bertz CT molecular complexity index is 530. The van der Waals surface area contributed by atoms with Gasteiger partial charge in [-0.25, -0.2) is 4.98 Å². The van der Waals surface area contributed by atoms with E-state index in [0.29, 0.717) is 0 Å². The van der Waals surface area contributed by atoms with Crippen LogP contribution in [0.15, 0.2) is 42.7 Å². The van der Waals surface area contributed by atoms with Gasteiger partial charge in [0.2, 0.25) is 0 Å². The van der Waals surface area contributed by atoms with Gasteiger partial charge in [-0.2, -0.15) is 0 Å². The van der Waals surface area contributed by atoms with Gasteiger partial charge in [-0.05, 0) is 12.0 Å². The van der Waals surface area contributed by atoms with Crippen LogP contribution in [0.25, 0.3) is 0 Å². The van der Waals surface area contributed by atoms with Gasteiger partial charge in [-0.15, -0.1) is 0 Å². The zero-order valence-corrected chi connectivity index (χ0v) is 12.5. The van der Waals surface area contributed by atoms with Crippen molar-refractivity contribution in [1.29, 1.82) is 0 Å². The molecule has 1 heterocycles. The molecule has 2 rings (SSSR count). The molecule has 0 spiro atoms. The van der Waals surface area contributed by atoms with Crippen LogP contribution in [-0.2, 0) is 18.9 Å². The Morgan fingerprint density at radius 2 is 2.00 bits per heavy atom. The number of hydrazine groups is 1. The van der Waals surface area contributed by atoms with E-state index in [2.05, 4.69) is 53.1 Å². The Kier molecular flexibility index (Phi) is 4.57. The molecule has 3 N–H and O–H groups in total. The second-order valence-electron chi connectivity index (χ2n) is 5.80. The van der Waals surface area contributed by atoms with Crippen molar-refractivity contribution in [3.8, 4) is 0 Å². The standard InChI is InChI=1S/C16H24N4/c1-16(2,13-7-5-4-6-8-13)14(19-17)9-10-15-18-11-12-20(15)3/h4-8,11-12,14,19H,9-10,17H2,1-3H3. The number of imidazole rings is 1. The van der Waals surface area contributed by atoms with E-state index in [1.54, 1.807) is 0 Å². The fraction of sp³-hybridized carbons (Fsp3) is 0.438. The predicted octanol–water partition coefficient (Wildman–Crippen LogP) is 2.16. The maximum atomic E-state index is 5.80. The number of aromatic nitrogens is 2. The number of hydrogen-bond donors (Lipinski definition) is 2. The zero-order chi connectivity index (χ0) is 14.6. The minimum Gasteiger partial charge on any atom is -0.338 e. The van der Waals surface area contributed by atoms with Crippen LogP contribution < -0.4 is 11.3 Å². The van der Waals surface area contributed by atoms with Gasteiger partial charge in [0.1, 0.15) is 5.82 Å². The summed E-state index contributed by atoms with van der Waals surface area (Å²) >= 11 is 0. The lowest BCUT2D eigenvalue weighted by atomic mass is 9.76. The van der Waals surface area contributed by atoms with Gasteiger partial charge in [-0.3, -0.25) is 11.3 Å². The molecular formula is C16H24N4. The first-order chi connectivity index (χ1) is 9.55. The van der Waals surface area contributed by atoms with E-state index in [1.165, 1.54) is 5.56 Å². The first-order valence-electron chi connectivity index (χ1n) is 7.03. The lowest BCUT2D eigenvalue weighted by molar-refractivity contribution is 0.324. The Hall–Kier alpha value is -1.65. The normalized spacial score (nSPS) is 13.4. The molecule has 0 aliphatic rings. The highest BCUT2D eigenvalue weighted by Crippen LogP contribution is 2.29. The largest absolute Gasteiger partial charge is 0.338 e. The Balaban J connectivity index is 2.09. The molecule has 0 bridgehead atoms. The number of rotatable bonds is 6. The van der Waals surface area contributed by atoms with Gasteiger partial charge in [-0.1, -0.05) is 44.2 Å². The van der Waals surface area contributed by atoms with E-state index < -0.39 is 0 Å². The molecule has 1 aromatic carbocycles. The summed E-state index contributed by atoms with van der Waals surface area (Å²) in [5.41, 5.74) is 4.25. The summed E-state index contributed by atoms with van der Waals surface area (Å²) in [6.07, 6.45) is 5.67. The van der Waals surface area contributed by atoms with Crippen molar-refractivity contribution >= 4 is 0 Å². The third-order valence-corrected chi connectivity index (χ3v) is 4.17. The molecule has 4 nitrogen and oxygen atoms in total. The van der Waals surface area contributed by atoms with Crippen molar-refractivity contribution in [1.82, 2.24) is 15.0 Å². The molecule has 0 amide bonds. The van der Waals surface area contributed by atoms with E-state index in [0.717, 1.165) is 18.7 Å². The fourth-order valence-corrected chi connectivity index (χ4v) is 2.63. The summed E-state index contributed by atoms with van der Waals surface area (Å²) in [5, 5.41) is 0. The lowest BCUT2D eigenvalue weighted by Gasteiger charge is -2.34. The highest BCUT2D eigenvalue weighted by Gasteiger charge is 2.30. The quantitative estimate of drug-likeness (QED) is 0.626. The maximum Gasteiger partial charge on any atom is 0.108 e. The summed E-state index contributed by atoms with van der Waals surface area (Å²) in [5.74, 6) is 6.89.